The minimum atomic E-state index is 0.649. The molecule has 3 rings (SSSR count). The Hall–Kier alpha value is -0.310. The van der Waals surface area contributed by atoms with Gasteiger partial charge in [-0.3, -0.25) is 0 Å². The van der Waals surface area contributed by atoms with Gasteiger partial charge < -0.3 is 9.80 Å². The summed E-state index contributed by atoms with van der Waals surface area (Å²) in [5.41, 5.74) is 0. The van der Waals surface area contributed by atoms with Crippen LogP contribution in [-0.2, 0) is 0 Å². The maximum Gasteiger partial charge on any atom is 0.172 e. The van der Waals surface area contributed by atoms with Gasteiger partial charge in [-0.1, -0.05) is 38.5 Å². The van der Waals surface area contributed by atoms with Gasteiger partial charge in [0.25, 0.3) is 0 Å². The lowest BCUT2D eigenvalue weighted by atomic mass is 9.84. The second-order valence-corrected chi connectivity index (χ2v) is 8.31. The molecule has 0 spiro atoms. The Balaban J connectivity index is 1.58. The van der Waals surface area contributed by atoms with Gasteiger partial charge in [0.2, 0.25) is 0 Å². The van der Waals surface area contributed by atoms with Crippen LogP contribution in [-0.4, -0.2) is 40.1 Å². The lowest BCUT2D eigenvalue weighted by molar-refractivity contribution is 0.204. The number of thiocarbonyl (C=S) groups is 1. The molecule has 2 atom stereocenters. The van der Waals surface area contributed by atoms with E-state index in [0.29, 0.717) is 12.1 Å². The Morgan fingerprint density at radius 2 is 1.09 bits per heavy atom. The van der Waals surface area contributed by atoms with E-state index in [-0.39, 0.29) is 0 Å². The third-order valence-corrected chi connectivity index (χ3v) is 7.19. The van der Waals surface area contributed by atoms with Crippen molar-refractivity contribution in [3.05, 3.63) is 0 Å². The maximum atomic E-state index is 5.90. The number of nitrogens with zero attached hydrogens (tertiary/aromatic N) is 2. The lowest BCUT2D eigenvalue weighted by Crippen LogP contribution is -2.46. The average Bonchev–Trinajstić information content (AvgIpc) is 2.96. The fraction of sp³-hybridized carbons (Fsp3) is 0.947. The molecule has 0 radical (unpaired) electrons. The van der Waals surface area contributed by atoms with E-state index < -0.39 is 0 Å². The summed E-state index contributed by atoms with van der Waals surface area (Å²) in [4.78, 5) is 5.12. The van der Waals surface area contributed by atoms with Crippen LogP contribution in [0.25, 0.3) is 0 Å². The van der Waals surface area contributed by atoms with Gasteiger partial charge in [0.15, 0.2) is 5.11 Å². The molecule has 2 aliphatic carbocycles. The molecule has 3 fully saturated rings. The minimum absolute atomic E-state index is 0.649. The summed E-state index contributed by atoms with van der Waals surface area (Å²) in [5.74, 6) is 1.74. The smallest absolute Gasteiger partial charge is 0.172 e. The molecule has 0 N–H and O–H groups in total. The van der Waals surface area contributed by atoms with Crippen LogP contribution >= 0.6 is 12.2 Å². The normalized spacial score (nSPS) is 28.2. The van der Waals surface area contributed by atoms with Crippen molar-refractivity contribution in [2.75, 3.05) is 13.1 Å². The SMILES string of the molecule is C[C@@H](C1CCCCC1)N1CCN([C@@H](C)C2CCCCC2)C1=S. The Morgan fingerprint density at radius 1 is 0.727 bits per heavy atom. The van der Waals surface area contributed by atoms with Crippen LogP contribution in [0, 0.1) is 11.8 Å². The molecule has 1 saturated heterocycles. The Morgan fingerprint density at radius 3 is 1.45 bits per heavy atom. The van der Waals surface area contributed by atoms with Crippen molar-refractivity contribution in [2.45, 2.75) is 90.1 Å². The first kappa shape index (κ1) is 16.5. The van der Waals surface area contributed by atoms with E-state index in [2.05, 4.69) is 23.6 Å². The minimum Gasteiger partial charge on any atom is -0.344 e. The van der Waals surface area contributed by atoms with Crippen molar-refractivity contribution in [3.63, 3.8) is 0 Å². The van der Waals surface area contributed by atoms with Gasteiger partial charge in [-0.2, -0.15) is 0 Å². The molecule has 0 amide bonds. The largest absolute Gasteiger partial charge is 0.344 e. The Bertz CT molecular complexity index is 338. The highest BCUT2D eigenvalue weighted by atomic mass is 32.1. The molecule has 1 heterocycles. The zero-order valence-electron chi connectivity index (χ0n) is 14.6. The van der Waals surface area contributed by atoms with Crippen LogP contribution < -0.4 is 0 Å². The van der Waals surface area contributed by atoms with Crippen LogP contribution in [0.3, 0.4) is 0 Å². The fourth-order valence-corrected chi connectivity index (χ4v) is 5.58. The molecule has 0 bridgehead atoms. The highest BCUT2D eigenvalue weighted by molar-refractivity contribution is 7.80. The molecule has 3 heteroatoms. The van der Waals surface area contributed by atoms with Gasteiger partial charge in [0.1, 0.15) is 0 Å². The fourth-order valence-electron chi connectivity index (χ4n) is 5.07. The molecule has 1 aliphatic heterocycles. The first-order valence-corrected chi connectivity index (χ1v) is 10.2. The van der Waals surface area contributed by atoms with E-state index in [1.165, 1.54) is 64.2 Å². The van der Waals surface area contributed by atoms with E-state index in [4.69, 9.17) is 12.2 Å². The maximum absolute atomic E-state index is 5.90. The summed E-state index contributed by atoms with van der Waals surface area (Å²) < 4.78 is 0. The third kappa shape index (κ3) is 3.44. The molecule has 3 aliphatic rings. The summed E-state index contributed by atoms with van der Waals surface area (Å²) in [7, 11) is 0. The Labute approximate surface area is 142 Å². The summed E-state index contributed by atoms with van der Waals surface area (Å²) in [6.07, 6.45) is 14.3. The zero-order chi connectivity index (χ0) is 15.5. The highest BCUT2D eigenvalue weighted by Gasteiger charge is 2.36. The molecule has 126 valence electrons. The summed E-state index contributed by atoms with van der Waals surface area (Å²) >= 11 is 5.90. The molecule has 0 aromatic heterocycles. The van der Waals surface area contributed by atoms with Gasteiger partial charge in [-0.25, -0.2) is 0 Å². The molecule has 22 heavy (non-hydrogen) atoms. The monoisotopic (exact) mass is 322 g/mol. The topological polar surface area (TPSA) is 6.48 Å². The van der Waals surface area contributed by atoms with Crippen LogP contribution in [0.15, 0.2) is 0 Å². The number of hydrogen-bond donors (Lipinski definition) is 0. The van der Waals surface area contributed by atoms with Crippen molar-refractivity contribution < 1.29 is 0 Å². The van der Waals surface area contributed by atoms with E-state index >= 15 is 0 Å². The highest BCUT2D eigenvalue weighted by Crippen LogP contribution is 2.33. The van der Waals surface area contributed by atoms with Crippen LogP contribution in [0.2, 0.25) is 0 Å². The summed E-state index contributed by atoms with van der Waals surface area (Å²) in [6, 6.07) is 1.30. The van der Waals surface area contributed by atoms with Crippen LogP contribution in [0.5, 0.6) is 0 Å². The van der Waals surface area contributed by atoms with Crippen molar-refractivity contribution in [1.29, 1.82) is 0 Å². The molecular formula is C19H34N2S. The van der Waals surface area contributed by atoms with Crippen molar-refractivity contribution in [2.24, 2.45) is 11.8 Å². The van der Waals surface area contributed by atoms with Crippen molar-refractivity contribution in [3.8, 4) is 0 Å². The van der Waals surface area contributed by atoms with E-state index in [0.717, 1.165) is 30.0 Å². The van der Waals surface area contributed by atoms with E-state index in [1.807, 2.05) is 0 Å². The quantitative estimate of drug-likeness (QED) is 0.685. The first-order chi connectivity index (χ1) is 10.7. The second-order valence-electron chi connectivity index (χ2n) is 7.95. The van der Waals surface area contributed by atoms with E-state index in [9.17, 15) is 0 Å². The lowest BCUT2D eigenvalue weighted by Gasteiger charge is -2.38. The van der Waals surface area contributed by atoms with Crippen LogP contribution in [0.1, 0.15) is 78.1 Å². The standard InChI is InChI=1S/C19H34N2S/c1-15(17-9-5-3-6-10-17)20-13-14-21(19(20)22)16(2)18-11-7-4-8-12-18/h15-18H,3-14H2,1-2H3/t15-,16-/m0/s1. The third-order valence-electron chi connectivity index (χ3n) is 6.72. The van der Waals surface area contributed by atoms with Gasteiger partial charge in [0.05, 0.1) is 0 Å². The van der Waals surface area contributed by atoms with Gasteiger partial charge in [-0.05, 0) is 63.6 Å². The zero-order valence-corrected chi connectivity index (χ0v) is 15.4. The summed E-state index contributed by atoms with van der Waals surface area (Å²) in [5, 5.41) is 1.16. The first-order valence-electron chi connectivity index (χ1n) is 9.75. The van der Waals surface area contributed by atoms with Crippen molar-refractivity contribution >= 4 is 17.3 Å². The molecule has 2 nitrogen and oxygen atoms in total. The molecule has 0 aromatic carbocycles. The van der Waals surface area contributed by atoms with Gasteiger partial charge in [-0.15, -0.1) is 0 Å². The van der Waals surface area contributed by atoms with Gasteiger partial charge >= 0.3 is 0 Å². The van der Waals surface area contributed by atoms with E-state index in [1.54, 1.807) is 0 Å². The molecule has 0 unspecified atom stereocenters. The van der Waals surface area contributed by atoms with Crippen LogP contribution in [0.4, 0.5) is 0 Å². The molecular weight excluding hydrogens is 288 g/mol. The number of rotatable bonds is 4. The summed E-state index contributed by atoms with van der Waals surface area (Å²) in [6.45, 7) is 7.18. The molecule has 2 saturated carbocycles. The molecule has 0 aromatic rings. The second kappa shape index (κ2) is 7.51. The Kier molecular flexibility index (Phi) is 5.64. The average molecular weight is 323 g/mol. The van der Waals surface area contributed by atoms with Gasteiger partial charge in [0, 0.05) is 25.2 Å². The number of hydrogen-bond acceptors (Lipinski definition) is 1. The predicted octanol–water partition coefficient (Wildman–Crippen LogP) is 4.83. The predicted molar refractivity (Wildman–Crippen MR) is 98.1 cm³/mol. The van der Waals surface area contributed by atoms with Crippen molar-refractivity contribution in [1.82, 2.24) is 9.80 Å².